The molecule has 18 heavy (non-hydrogen) atoms. The number of benzene rings is 1. The molecule has 1 aromatic carbocycles. The van der Waals surface area contributed by atoms with Crippen LogP contribution in [0.2, 0.25) is 0 Å². The zero-order valence-corrected chi connectivity index (χ0v) is 11.4. The number of hydrogen-bond acceptors (Lipinski definition) is 2. The zero-order chi connectivity index (χ0) is 13.1. The summed E-state index contributed by atoms with van der Waals surface area (Å²) in [6, 6.07) is 6.06. The van der Waals surface area contributed by atoms with Crippen LogP contribution in [0.3, 0.4) is 0 Å². The molecule has 1 atom stereocenters. The van der Waals surface area contributed by atoms with E-state index in [1.807, 2.05) is 12.1 Å². The second-order valence-electron chi connectivity index (χ2n) is 4.40. The molecule has 1 unspecified atom stereocenters. The minimum absolute atomic E-state index is 0.0226. The van der Waals surface area contributed by atoms with Crippen molar-refractivity contribution in [3.05, 3.63) is 33.8 Å². The van der Waals surface area contributed by atoms with Gasteiger partial charge in [0.1, 0.15) is 0 Å². The summed E-state index contributed by atoms with van der Waals surface area (Å²) in [5.41, 5.74) is 2.38. The van der Waals surface area contributed by atoms with Crippen molar-refractivity contribution < 1.29 is 14.7 Å². The van der Waals surface area contributed by atoms with Crippen LogP contribution in [0.4, 0.5) is 0 Å². The van der Waals surface area contributed by atoms with E-state index in [-0.39, 0.29) is 24.8 Å². The molecule has 5 heteroatoms. The number of halogens is 1. The predicted octanol–water partition coefficient (Wildman–Crippen LogP) is 2.42. The van der Waals surface area contributed by atoms with Crippen LogP contribution in [-0.4, -0.2) is 17.0 Å². The Morgan fingerprint density at radius 3 is 2.89 bits per heavy atom. The lowest BCUT2D eigenvalue weighted by Gasteiger charge is -2.13. The van der Waals surface area contributed by atoms with Gasteiger partial charge in [0.15, 0.2) is 0 Å². The minimum atomic E-state index is -0.944. The molecular weight excluding hydrogens is 298 g/mol. The Kier molecular flexibility index (Phi) is 4.01. The predicted molar refractivity (Wildman–Crippen MR) is 70.2 cm³/mol. The Bertz CT molecular complexity index is 487. The number of fused-ring (bicyclic) bond motifs is 1. The maximum Gasteiger partial charge on any atom is 0.303 e. The van der Waals surface area contributed by atoms with Gasteiger partial charge in [-0.1, -0.05) is 22.0 Å². The maximum absolute atomic E-state index is 11.6. The molecule has 0 heterocycles. The Balaban J connectivity index is 1.97. The van der Waals surface area contributed by atoms with Crippen molar-refractivity contribution in [1.82, 2.24) is 5.32 Å². The summed E-state index contributed by atoms with van der Waals surface area (Å²) in [5.74, 6) is -1.14. The summed E-state index contributed by atoms with van der Waals surface area (Å²) >= 11 is 3.42. The summed E-state index contributed by atoms with van der Waals surface area (Å²) in [4.78, 5) is 22.0. The molecule has 0 spiro atoms. The van der Waals surface area contributed by atoms with Crippen molar-refractivity contribution in [2.75, 3.05) is 0 Å². The van der Waals surface area contributed by atoms with Crippen molar-refractivity contribution in [2.45, 2.75) is 31.7 Å². The van der Waals surface area contributed by atoms with Gasteiger partial charge in [-0.2, -0.15) is 0 Å². The largest absolute Gasteiger partial charge is 0.481 e. The van der Waals surface area contributed by atoms with Crippen LogP contribution < -0.4 is 5.32 Å². The van der Waals surface area contributed by atoms with E-state index in [0.717, 1.165) is 22.9 Å². The van der Waals surface area contributed by atoms with Gasteiger partial charge < -0.3 is 10.4 Å². The second-order valence-corrected chi connectivity index (χ2v) is 5.31. The number of rotatable bonds is 4. The van der Waals surface area contributed by atoms with E-state index in [1.165, 1.54) is 5.56 Å². The van der Waals surface area contributed by atoms with Crippen molar-refractivity contribution in [3.8, 4) is 0 Å². The number of aliphatic carboxylic acids is 1. The van der Waals surface area contributed by atoms with Crippen LogP contribution in [0.5, 0.6) is 0 Å². The number of aryl methyl sites for hydroxylation is 1. The van der Waals surface area contributed by atoms with E-state index in [9.17, 15) is 9.59 Å². The number of amides is 1. The second kappa shape index (κ2) is 5.52. The van der Waals surface area contributed by atoms with Crippen LogP contribution in [0.25, 0.3) is 0 Å². The molecule has 0 bridgehead atoms. The summed E-state index contributed by atoms with van der Waals surface area (Å²) < 4.78 is 1.04. The third-order valence-corrected chi connectivity index (χ3v) is 3.58. The molecule has 2 N–H and O–H groups in total. The Morgan fingerprint density at radius 1 is 1.39 bits per heavy atom. The number of carbonyl (C=O) groups excluding carboxylic acids is 1. The van der Waals surface area contributed by atoms with E-state index < -0.39 is 5.97 Å². The Labute approximate surface area is 114 Å². The SMILES string of the molecule is O=C(O)CCC(=O)NC1CCc2cc(Br)ccc21. The lowest BCUT2D eigenvalue weighted by atomic mass is 10.1. The lowest BCUT2D eigenvalue weighted by molar-refractivity contribution is -0.138. The van der Waals surface area contributed by atoms with E-state index in [4.69, 9.17) is 5.11 Å². The average Bonchev–Trinajstić information content (AvgIpc) is 2.69. The fourth-order valence-corrected chi connectivity index (χ4v) is 2.63. The molecule has 96 valence electrons. The lowest BCUT2D eigenvalue weighted by Crippen LogP contribution is -2.27. The van der Waals surface area contributed by atoms with Crippen molar-refractivity contribution in [2.24, 2.45) is 0 Å². The molecule has 1 aliphatic rings. The molecule has 1 aromatic rings. The van der Waals surface area contributed by atoms with E-state index >= 15 is 0 Å². The quantitative estimate of drug-likeness (QED) is 0.897. The first-order chi connectivity index (χ1) is 8.56. The van der Waals surface area contributed by atoms with Crippen LogP contribution in [-0.2, 0) is 16.0 Å². The smallest absolute Gasteiger partial charge is 0.303 e. The number of carbonyl (C=O) groups is 2. The third-order valence-electron chi connectivity index (χ3n) is 3.08. The molecular formula is C13H14BrNO3. The topological polar surface area (TPSA) is 66.4 Å². The molecule has 0 fully saturated rings. The molecule has 0 aromatic heterocycles. The van der Waals surface area contributed by atoms with Gasteiger partial charge in [-0.15, -0.1) is 0 Å². The van der Waals surface area contributed by atoms with Gasteiger partial charge in [-0.25, -0.2) is 0 Å². The van der Waals surface area contributed by atoms with Gasteiger partial charge in [0.25, 0.3) is 0 Å². The zero-order valence-electron chi connectivity index (χ0n) is 9.78. The van der Waals surface area contributed by atoms with Crippen molar-refractivity contribution >= 4 is 27.8 Å². The fourth-order valence-electron chi connectivity index (χ4n) is 2.22. The minimum Gasteiger partial charge on any atom is -0.481 e. The molecule has 2 rings (SSSR count). The van der Waals surface area contributed by atoms with Gasteiger partial charge in [-0.3, -0.25) is 9.59 Å². The molecule has 0 saturated carbocycles. The molecule has 0 aliphatic heterocycles. The van der Waals surface area contributed by atoms with Gasteiger partial charge in [0.2, 0.25) is 5.91 Å². The normalized spacial score (nSPS) is 17.3. The van der Waals surface area contributed by atoms with Crippen LogP contribution in [0, 0.1) is 0 Å². The highest BCUT2D eigenvalue weighted by Crippen LogP contribution is 2.32. The summed E-state index contributed by atoms with van der Waals surface area (Å²) in [6.45, 7) is 0. The van der Waals surface area contributed by atoms with Crippen molar-refractivity contribution in [3.63, 3.8) is 0 Å². The summed E-state index contributed by atoms with van der Waals surface area (Å²) in [7, 11) is 0. The maximum atomic E-state index is 11.6. The molecule has 4 nitrogen and oxygen atoms in total. The van der Waals surface area contributed by atoms with Crippen LogP contribution in [0.1, 0.15) is 36.4 Å². The number of carboxylic acid groups (broad SMARTS) is 1. The highest BCUT2D eigenvalue weighted by molar-refractivity contribution is 9.10. The summed E-state index contributed by atoms with van der Waals surface area (Å²) in [5, 5.41) is 11.4. The highest BCUT2D eigenvalue weighted by atomic mass is 79.9. The number of nitrogens with one attached hydrogen (secondary N) is 1. The van der Waals surface area contributed by atoms with Gasteiger partial charge >= 0.3 is 5.97 Å². The average molecular weight is 312 g/mol. The first-order valence-corrected chi connectivity index (χ1v) is 6.65. The highest BCUT2D eigenvalue weighted by Gasteiger charge is 2.23. The molecule has 1 amide bonds. The third kappa shape index (κ3) is 3.10. The fraction of sp³-hybridized carbons (Fsp3) is 0.385. The first kappa shape index (κ1) is 13.1. The standard InChI is InChI=1S/C13H14BrNO3/c14-9-2-3-10-8(7-9)1-4-11(10)15-12(16)5-6-13(17)18/h2-3,7,11H,1,4-6H2,(H,15,16)(H,17,18). The van der Waals surface area contributed by atoms with E-state index in [0.29, 0.717) is 0 Å². The van der Waals surface area contributed by atoms with Crippen LogP contribution >= 0.6 is 15.9 Å². The van der Waals surface area contributed by atoms with Crippen molar-refractivity contribution in [1.29, 1.82) is 0 Å². The molecule has 0 saturated heterocycles. The van der Waals surface area contributed by atoms with Gasteiger partial charge in [-0.05, 0) is 36.1 Å². The number of hydrogen-bond donors (Lipinski definition) is 2. The Morgan fingerprint density at radius 2 is 2.17 bits per heavy atom. The monoisotopic (exact) mass is 311 g/mol. The van der Waals surface area contributed by atoms with Gasteiger partial charge in [0, 0.05) is 10.9 Å². The first-order valence-electron chi connectivity index (χ1n) is 5.86. The molecule has 1 aliphatic carbocycles. The summed E-state index contributed by atoms with van der Waals surface area (Å²) in [6.07, 6.45) is 1.74. The van der Waals surface area contributed by atoms with E-state index in [1.54, 1.807) is 0 Å². The van der Waals surface area contributed by atoms with E-state index in [2.05, 4.69) is 27.3 Å². The Hall–Kier alpha value is -1.36. The van der Waals surface area contributed by atoms with Crippen LogP contribution in [0.15, 0.2) is 22.7 Å². The number of carboxylic acids is 1. The van der Waals surface area contributed by atoms with Gasteiger partial charge in [0.05, 0.1) is 12.5 Å². The molecule has 0 radical (unpaired) electrons.